The Balaban J connectivity index is 3.32. The molecule has 0 atom stereocenters. The van der Waals surface area contributed by atoms with Crippen LogP contribution >= 0.6 is 0 Å². The van der Waals surface area contributed by atoms with Crippen molar-refractivity contribution >= 4 is 17.9 Å². The molecule has 0 saturated carbocycles. The molecule has 0 bridgehead atoms. The minimum atomic E-state index is -1.45. The zero-order valence-corrected chi connectivity index (χ0v) is 11.0. The summed E-state index contributed by atoms with van der Waals surface area (Å²) in [6, 6.07) is 6.58. The summed E-state index contributed by atoms with van der Waals surface area (Å²) < 4.78 is 0. The van der Waals surface area contributed by atoms with Gasteiger partial charge in [0.05, 0.1) is 19.3 Å². The molecule has 1 aromatic rings. The van der Waals surface area contributed by atoms with Crippen molar-refractivity contribution in [1.29, 1.82) is 0 Å². The average molecular weight is 280 g/mol. The predicted octanol–water partition coefficient (Wildman–Crippen LogP) is 1.66. The van der Waals surface area contributed by atoms with Crippen LogP contribution < -0.4 is 0 Å². The standard InChI is InChI=1S/C14H16O6/c1-9-2-4-10(5-3-9)14(6-11(15)16,7-12(17)18)8-13(19)20/h2-5H,6-8H2,1H3,(H,15,16)(H,17,18)(H,19,20). The molecule has 108 valence electrons. The Hall–Kier alpha value is -2.37. The Morgan fingerprint density at radius 3 is 1.50 bits per heavy atom. The van der Waals surface area contributed by atoms with Gasteiger partial charge in [0.1, 0.15) is 0 Å². The van der Waals surface area contributed by atoms with E-state index in [0.29, 0.717) is 5.56 Å². The van der Waals surface area contributed by atoms with E-state index in [9.17, 15) is 14.4 Å². The molecule has 0 aliphatic rings. The van der Waals surface area contributed by atoms with Crippen molar-refractivity contribution in [2.24, 2.45) is 0 Å². The fourth-order valence-corrected chi connectivity index (χ4v) is 2.27. The summed E-state index contributed by atoms with van der Waals surface area (Å²) in [5.74, 6) is -3.69. The van der Waals surface area contributed by atoms with Crippen molar-refractivity contribution in [1.82, 2.24) is 0 Å². The van der Waals surface area contributed by atoms with E-state index < -0.39 is 42.6 Å². The molecule has 1 rings (SSSR count). The number of hydrogen-bond acceptors (Lipinski definition) is 3. The van der Waals surface area contributed by atoms with Crippen LogP contribution in [-0.2, 0) is 19.8 Å². The Labute approximate surface area is 115 Å². The number of carbonyl (C=O) groups is 3. The van der Waals surface area contributed by atoms with Gasteiger partial charge in [0.25, 0.3) is 0 Å². The largest absolute Gasteiger partial charge is 0.481 e. The summed E-state index contributed by atoms with van der Waals surface area (Å²) in [5.41, 5.74) is -0.115. The van der Waals surface area contributed by atoms with Gasteiger partial charge in [-0.25, -0.2) is 0 Å². The highest BCUT2D eigenvalue weighted by atomic mass is 16.4. The number of rotatable bonds is 7. The first-order valence-electron chi connectivity index (χ1n) is 5.98. The second kappa shape index (κ2) is 6.18. The van der Waals surface area contributed by atoms with Crippen molar-refractivity contribution in [2.75, 3.05) is 0 Å². The van der Waals surface area contributed by atoms with Gasteiger partial charge >= 0.3 is 17.9 Å². The number of benzene rings is 1. The molecule has 0 aliphatic heterocycles. The van der Waals surface area contributed by atoms with Crippen molar-refractivity contribution in [3.8, 4) is 0 Å². The quantitative estimate of drug-likeness (QED) is 0.700. The summed E-state index contributed by atoms with van der Waals surface area (Å²) in [5, 5.41) is 27.0. The number of aryl methyl sites for hydroxylation is 1. The summed E-state index contributed by atoms with van der Waals surface area (Å²) >= 11 is 0. The molecular formula is C14H16O6. The Bertz CT molecular complexity index is 476. The van der Waals surface area contributed by atoms with E-state index in [1.54, 1.807) is 24.3 Å². The Kier molecular flexibility index (Phi) is 4.85. The number of carboxylic acids is 3. The molecule has 0 saturated heterocycles. The lowest BCUT2D eigenvalue weighted by Gasteiger charge is -2.30. The molecule has 3 N–H and O–H groups in total. The van der Waals surface area contributed by atoms with E-state index in [0.717, 1.165) is 5.56 Å². The highest BCUT2D eigenvalue weighted by Crippen LogP contribution is 2.36. The molecule has 20 heavy (non-hydrogen) atoms. The minimum Gasteiger partial charge on any atom is -0.481 e. The second-order valence-corrected chi connectivity index (χ2v) is 4.86. The van der Waals surface area contributed by atoms with Crippen LogP contribution in [0, 0.1) is 6.92 Å². The van der Waals surface area contributed by atoms with Crippen LogP contribution in [0.4, 0.5) is 0 Å². The molecule has 0 heterocycles. The smallest absolute Gasteiger partial charge is 0.304 e. The average Bonchev–Trinajstić information content (AvgIpc) is 2.26. The van der Waals surface area contributed by atoms with Crippen LogP contribution in [-0.4, -0.2) is 33.2 Å². The molecule has 1 aromatic carbocycles. The molecule has 0 fully saturated rings. The maximum absolute atomic E-state index is 11.0. The topological polar surface area (TPSA) is 112 Å². The summed E-state index contributed by atoms with van der Waals surface area (Å²) in [4.78, 5) is 33.1. The van der Waals surface area contributed by atoms with Crippen molar-refractivity contribution in [3.05, 3.63) is 35.4 Å². The third kappa shape index (κ3) is 4.08. The minimum absolute atomic E-state index is 0.412. The van der Waals surface area contributed by atoms with Crippen molar-refractivity contribution in [3.63, 3.8) is 0 Å². The first-order chi connectivity index (χ1) is 9.25. The lowest BCUT2D eigenvalue weighted by atomic mass is 9.72. The van der Waals surface area contributed by atoms with Crippen LogP contribution in [0.25, 0.3) is 0 Å². The SMILES string of the molecule is Cc1ccc(C(CC(=O)O)(CC(=O)O)CC(=O)O)cc1. The summed E-state index contributed by atoms with van der Waals surface area (Å²) in [6.45, 7) is 1.83. The monoisotopic (exact) mass is 280 g/mol. The van der Waals surface area contributed by atoms with Crippen LogP contribution in [0.15, 0.2) is 24.3 Å². The van der Waals surface area contributed by atoms with Crippen LogP contribution in [0.5, 0.6) is 0 Å². The predicted molar refractivity (Wildman–Crippen MR) is 69.6 cm³/mol. The fraction of sp³-hybridized carbons (Fsp3) is 0.357. The van der Waals surface area contributed by atoms with Gasteiger partial charge in [0.15, 0.2) is 0 Å². The van der Waals surface area contributed by atoms with E-state index in [1.807, 2.05) is 6.92 Å². The first-order valence-corrected chi connectivity index (χ1v) is 5.98. The van der Waals surface area contributed by atoms with Gasteiger partial charge < -0.3 is 15.3 Å². The third-order valence-corrected chi connectivity index (χ3v) is 3.13. The molecule has 0 radical (unpaired) electrons. The Morgan fingerprint density at radius 1 is 0.850 bits per heavy atom. The second-order valence-electron chi connectivity index (χ2n) is 4.86. The summed E-state index contributed by atoms with van der Waals surface area (Å²) in [7, 11) is 0. The molecular weight excluding hydrogens is 264 g/mol. The fourth-order valence-electron chi connectivity index (χ4n) is 2.27. The number of aliphatic carboxylic acids is 3. The zero-order valence-electron chi connectivity index (χ0n) is 11.0. The van der Waals surface area contributed by atoms with Crippen LogP contribution in [0.1, 0.15) is 30.4 Å². The maximum Gasteiger partial charge on any atom is 0.304 e. The van der Waals surface area contributed by atoms with Gasteiger partial charge in [-0.1, -0.05) is 29.8 Å². The number of hydrogen-bond donors (Lipinski definition) is 3. The van der Waals surface area contributed by atoms with Gasteiger partial charge in [-0.05, 0) is 12.5 Å². The molecule has 0 aliphatic carbocycles. The molecule has 0 aromatic heterocycles. The highest BCUT2D eigenvalue weighted by molar-refractivity contribution is 5.78. The van der Waals surface area contributed by atoms with E-state index in [2.05, 4.69) is 0 Å². The summed E-state index contributed by atoms with van der Waals surface area (Å²) in [6.07, 6.45) is -1.64. The molecule has 0 spiro atoms. The first kappa shape index (κ1) is 15.7. The van der Waals surface area contributed by atoms with E-state index in [1.165, 1.54) is 0 Å². The molecule has 6 nitrogen and oxygen atoms in total. The Morgan fingerprint density at radius 2 is 1.20 bits per heavy atom. The molecule has 0 amide bonds. The van der Waals surface area contributed by atoms with E-state index in [4.69, 9.17) is 15.3 Å². The molecule has 6 heteroatoms. The van der Waals surface area contributed by atoms with Crippen LogP contribution in [0.3, 0.4) is 0 Å². The van der Waals surface area contributed by atoms with Gasteiger partial charge in [-0.2, -0.15) is 0 Å². The van der Waals surface area contributed by atoms with E-state index in [-0.39, 0.29) is 0 Å². The van der Waals surface area contributed by atoms with Gasteiger partial charge in [0, 0.05) is 5.41 Å². The third-order valence-electron chi connectivity index (χ3n) is 3.13. The highest BCUT2D eigenvalue weighted by Gasteiger charge is 2.39. The van der Waals surface area contributed by atoms with Crippen LogP contribution in [0.2, 0.25) is 0 Å². The van der Waals surface area contributed by atoms with Crippen molar-refractivity contribution in [2.45, 2.75) is 31.6 Å². The zero-order chi connectivity index (χ0) is 15.3. The lowest BCUT2D eigenvalue weighted by molar-refractivity contribution is -0.144. The van der Waals surface area contributed by atoms with Crippen molar-refractivity contribution < 1.29 is 29.7 Å². The van der Waals surface area contributed by atoms with Gasteiger partial charge in [-0.3, -0.25) is 14.4 Å². The number of carboxylic acid groups (broad SMARTS) is 3. The maximum atomic E-state index is 11.0. The van der Waals surface area contributed by atoms with Gasteiger partial charge in [-0.15, -0.1) is 0 Å². The normalized spacial score (nSPS) is 11.1. The van der Waals surface area contributed by atoms with E-state index >= 15 is 0 Å². The molecule has 0 unspecified atom stereocenters. The lowest BCUT2D eigenvalue weighted by Crippen LogP contribution is -2.34. The van der Waals surface area contributed by atoms with Gasteiger partial charge in [0.2, 0.25) is 0 Å².